The third-order valence-electron chi connectivity index (χ3n) is 1.80. The standard InChI is InChI=1S/C11H10O4S/c1-2-3-9-4-6-10(7-5-9)16(14,15)8-11(12)13/h4-7H,8H2,1H3,(H,12,13). The lowest BCUT2D eigenvalue weighted by Crippen LogP contribution is -2.15. The molecule has 5 heteroatoms. The first-order valence-corrected chi connectivity index (χ1v) is 6.08. The van der Waals surface area contributed by atoms with Crippen LogP contribution in [0.15, 0.2) is 29.2 Å². The molecule has 0 unspecified atom stereocenters. The highest BCUT2D eigenvalue weighted by Gasteiger charge is 2.18. The molecule has 0 aliphatic carbocycles. The van der Waals surface area contributed by atoms with E-state index < -0.39 is 21.6 Å². The summed E-state index contributed by atoms with van der Waals surface area (Å²) < 4.78 is 23.0. The molecule has 0 aromatic heterocycles. The van der Waals surface area contributed by atoms with E-state index in [2.05, 4.69) is 11.8 Å². The van der Waals surface area contributed by atoms with Gasteiger partial charge in [0.15, 0.2) is 15.6 Å². The highest BCUT2D eigenvalue weighted by atomic mass is 32.2. The number of carboxylic acids is 1. The number of hydrogen-bond donors (Lipinski definition) is 1. The molecule has 0 fully saturated rings. The molecule has 0 amide bonds. The van der Waals surface area contributed by atoms with Crippen molar-refractivity contribution in [1.29, 1.82) is 0 Å². The van der Waals surface area contributed by atoms with Crippen molar-refractivity contribution in [2.75, 3.05) is 5.75 Å². The normalized spacial score (nSPS) is 10.3. The van der Waals surface area contributed by atoms with Crippen LogP contribution in [0.3, 0.4) is 0 Å². The molecular weight excluding hydrogens is 228 g/mol. The summed E-state index contributed by atoms with van der Waals surface area (Å²) in [7, 11) is -3.74. The third kappa shape index (κ3) is 3.11. The Morgan fingerprint density at radius 1 is 1.31 bits per heavy atom. The summed E-state index contributed by atoms with van der Waals surface area (Å²) in [4.78, 5) is 10.4. The van der Waals surface area contributed by atoms with Crippen molar-refractivity contribution in [3.05, 3.63) is 29.8 Å². The van der Waals surface area contributed by atoms with E-state index in [0.717, 1.165) is 0 Å². The van der Waals surface area contributed by atoms with Crippen molar-refractivity contribution in [2.24, 2.45) is 0 Å². The van der Waals surface area contributed by atoms with Gasteiger partial charge in [-0.2, -0.15) is 0 Å². The molecule has 0 heterocycles. The maximum absolute atomic E-state index is 11.5. The predicted molar refractivity (Wildman–Crippen MR) is 58.7 cm³/mol. The van der Waals surface area contributed by atoms with Gasteiger partial charge in [0.1, 0.15) is 0 Å². The van der Waals surface area contributed by atoms with Crippen LogP contribution in [0.4, 0.5) is 0 Å². The number of rotatable bonds is 3. The number of aliphatic carboxylic acids is 1. The van der Waals surface area contributed by atoms with E-state index in [9.17, 15) is 13.2 Å². The highest BCUT2D eigenvalue weighted by Crippen LogP contribution is 2.11. The number of carbonyl (C=O) groups is 1. The van der Waals surface area contributed by atoms with Crippen molar-refractivity contribution in [3.63, 3.8) is 0 Å². The average Bonchev–Trinajstić information content (AvgIpc) is 2.17. The second-order valence-corrected chi connectivity index (χ2v) is 5.04. The SMILES string of the molecule is CC#Cc1ccc(S(=O)(=O)CC(=O)O)cc1. The largest absolute Gasteiger partial charge is 0.480 e. The van der Waals surface area contributed by atoms with Gasteiger partial charge in [0, 0.05) is 5.56 Å². The monoisotopic (exact) mass is 238 g/mol. The fourth-order valence-electron chi connectivity index (χ4n) is 1.14. The van der Waals surface area contributed by atoms with E-state index >= 15 is 0 Å². The molecule has 0 aliphatic heterocycles. The molecule has 0 spiro atoms. The minimum absolute atomic E-state index is 0.00319. The number of hydrogen-bond acceptors (Lipinski definition) is 3. The summed E-state index contributed by atoms with van der Waals surface area (Å²) in [6, 6.07) is 5.81. The summed E-state index contributed by atoms with van der Waals surface area (Å²) in [5.74, 6) is 3.19. The Bertz CT molecular complexity index is 544. The molecule has 1 rings (SSSR count). The first-order valence-electron chi connectivity index (χ1n) is 4.43. The minimum atomic E-state index is -3.74. The molecule has 0 saturated carbocycles. The van der Waals surface area contributed by atoms with Crippen molar-refractivity contribution < 1.29 is 18.3 Å². The van der Waals surface area contributed by atoms with E-state index in [1.54, 1.807) is 19.1 Å². The van der Waals surface area contributed by atoms with Crippen LogP contribution < -0.4 is 0 Å². The van der Waals surface area contributed by atoms with Crippen LogP contribution in [0, 0.1) is 11.8 Å². The molecule has 84 valence electrons. The predicted octanol–water partition coefficient (Wildman–Crippen LogP) is 0.916. The van der Waals surface area contributed by atoms with Gasteiger partial charge in [0.2, 0.25) is 0 Å². The first-order chi connectivity index (χ1) is 7.45. The van der Waals surface area contributed by atoms with Gasteiger partial charge in [-0.15, -0.1) is 5.92 Å². The van der Waals surface area contributed by atoms with E-state index in [-0.39, 0.29) is 4.90 Å². The maximum Gasteiger partial charge on any atom is 0.319 e. The molecule has 16 heavy (non-hydrogen) atoms. The van der Waals surface area contributed by atoms with Crippen LogP contribution >= 0.6 is 0 Å². The summed E-state index contributed by atoms with van der Waals surface area (Å²) in [5.41, 5.74) is 0.691. The van der Waals surface area contributed by atoms with E-state index in [1.165, 1.54) is 12.1 Å². The van der Waals surface area contributed by atoms with Crippen molar-refractivity contribution in [1.82, 2.24) is 0 Å². The number of sulfone groups is 1. The second kappa shape index (κ2) is 4.81. The number of benzene rings is 1. The van der Waals surface area contributed by atoms with Gasteiger partial charge in [0.25, 0.3) is 0 Å². The van der Waals surface area contributed by atoms with Gasteiger partial charge in [0.05, 0.1) is 4.90 Å². The summed E-state index contributed by atoms with van der Waals surface area (Å²) in [5, 5.41) is 8.45. The fourth-order valence-corrected chi connectivity index (χ4v) is 2.18. The van der Waals surface area contributed by atoms with Gasteiger partial charge in [-0.1, -0.05) is 5.92 Å². The van der Waals surface area contributed by atoms with Gasteiger partial charge in [-0.05, 0) is 31.2 Å². The zero-order valence-electron chi connectivity index (χ0n) is 8.60. The zero-order valence-corrected chi connectivity index (χ0v) is 9.41. The summed E-state index contributed by atoms with van der Waals surface area (Å²) >= 11 is 0. The lowest BCUT2D eigenvalue weighted by atomic mass is 10.2. The topological polar surface area (TPSA) is 71.4 Å². The van der Waals surface area contributed by atoms with Gasteiger partial charge in [-0.25, -0.2) is 8.42 Å². The lowest BCUT2D eigenvalue weighted by molar-refractivity contribution is -0.134. The van der Waals surface area contributed by atoms with Crippen LogP contribution in [0.2, 0.25) is 0 Å². The molecule has 1 N–H and O–H groups in total. The van der Waals surface area contributed by atoms with E-state index in [1.807, 2.05) is 0 Å². The second-order valence-electron chi connectivity index (χ2n) is 3.05. The van der Waals surface area contributed by atoms with Crippen molar-refractivity contribution in [3.8, 4) is 11.8 Å². The molecule has 1 aromatic carbocycles. The number of carboxylic acid groups (broad SMARTS) is 1. The van der Waals surface area contributed by atoms with Crippen LogP contribution in [0.1, 0.15) is 12.5 Å². The smallest absolute Gasteiger partial charge is 0.319 e. The van der Waals surface area contributed by atoms with Gasteiger partial charge >= 0.3 is 5.97 Å². The van der Waals surface area contributed by atoms with Crippen molar-refractivity contribution in [2.45, 2.75) is 11.8 Å². The molecule has 0 atom stereocenters. The van der Waals surface area contributed by atoms with Crippen LogP contribution in [0.25, 0.3) is 0 Å². The fraction of sp³-hybridized carbons (Fsp3) is 0.182. The zero-order chi connectivity index (χ0) is 12.2. The molecule has 0 bridgehead atoms. The Balaban J connectivity index is 3.05. The maximum atomic E-state index is 11.5. The van der Waals surface area contributed by atoms with Gasteiger partial charge in [-0.3, -0.25) is 4.79 Å². The van der Waals surface area contributed by atoms with Crippen LogP contribution in [-0.2, 0) is 14.6 Å². The highest BCUT2D eigenvalue weighted by molar-refractivity contribution is 7.92. The van der Waals surface area contributed by atoms with Crippen LogP contribution in [0.5, 0.6) is 0 Å². The lowest BCUT2D eigenvalue weighted by Gasteiger charge is -2.01. The molecule has 0 saturated heterocycles. The molecular formula is C11H10O4S. The van der Waals surface area contributed by atoms with Gasteiger partial charge < -0.3 is 5.11 Å². The average molecular weight is 238 g/mol. The van der Waals surface area contributed by atoms with E-state index in [0.29, 0.717) is 5.56 Å². The summed E-state index contributed by atoms with van der Waals surface area (Å²) in [6.07, 6.45) is 0. The Morgan fingerprint density at radius 2 is 1.88 bits per heavy atom. The molecule has 0 aliphatic rings. The molecule has 0 radical (unpaired) electrons. The van der Waals surface area contributed by atoms with E-state index in [4.69, 9.17) is 5.11 Å². The quantitative estimate of drug-likeness (QED) is 0.795. The Labute approximate surface area is 93.8 Å². The van der Waals surface area contributed by atoms with Crippen molar-refractivity contribution >= 4 is 15.8 Å². The first kappa shape index (κ1) is 12.3. The minimum Gasteiger partial charge on any atom is -0.480 e. The third-order valence-corrected chi connectivity index (χ3v) is 3.41. The molecule has 4 nitrogen and oxygen atoms in total. The van der Waals surface area contributed by atoms with Crippen LogP contribution in [-0.4, -0.2) is 25.2 Å². The molecule has 1 aromatic rings. The Kier molecular flexibility index (Phi) is 3.69. The Hall–Kier alpha value is -1.80. The summed E-state index contributed by atoms with van der Waals surface area (Å²) in [6.45, 7) is 1.68. The Morgan fingerprint density at radius 3 is 2.31 bits per heavy atom.